The van der Waals surface area contributed by atoms with Gasteiger partial charge >= 0.3 is 5.97 Å². The SMILES string of the molecule is Cc1oc(C(=O)O)cc1S(=O)(=O)NCCc1nccn1C. The zero-order valence-electron chi connectivity index (χ0n) is 11.5. The van der Waals surface area contributed by atoms with Crippen LogP contribution in [0.4, 0.5) is 0 Å². The van der Waals surface area contributed by atoms with Crippen LogP contribution in [0.1, 0.15) is 22.1 Å². The first kappa shape index (κ1) is 15.3. The maximum absolute atomic E-state index is 12.1. The Morgan fingerprint density at radius 1 is 1.52 bits per heavy atom. The lowest BCUT2D eigenvalue weighted by molar-refractivity contribution is 0.0661. The molecule has 2 heterocycles. The number of hydrogen-bond acceptors (Lipinski definition) is 5. The number of carbonyl (C=O) groups is 1. The Kier molecular flexibility index (Phi) is 4.14. The minimum atomic E-state index is -3.81. The van der Waals surface area contributed by atoms with E-state index in [1.54, 1.807) is 17.0 Å². The van der Waals surface area contributed by atoms with Crippen LogP contribution in [0.25, 0.3) is 0 Å². The molecule has 0 atom stereocenters. The first-order valence-electron chi connectivity index (χ1n) is 6.11. The topological polar surface area (TPSA) is 114 Å². The van der Waals surface area contributed by atoms with Gasteiger partial charge in [-0.1, -0.05) is 0 Å². The lowest BCUT2D eigenvalue weighted by Gasteiger charge is -2.05. The summed E-state index contributed by atoms with van der Waals surface area (Å²) in [6.45, 7) is 1.56. The van der Waals surface area contributed by atoms with Crippen molar-refractivity contribution in [2.75, 3.05) is 6.54 Å². The van der Waals surface area contributed by atoms with Crippen LogP contribution in [0, 0.1) is 6.92 Å². The number of carboxylic acids is 1. The Balaban J connectivity index is 2.08. The van der Waals surface area contributed by atoms with Crippen LogP contribution in [-0.2, 0) is 23.5 Å². The highest BCUT2D eigenvalue weighted by atomic mass is 32.2. The third-order valence-electron chi connectivity index (χ3n) is 2.93. The van der Waals surface area contributed by atoms with Gasteiger partial charge in [0, 0.05) is 38.5 Å². The summed E-state index contributed by atoms with van der Waals surface area (Å²) >= 11 is 0. The lowest BCUT2D eigenvalue weighted by atomic mass is 10.4. The van der Waals surface area contributed by atoms with E-state index in [2.05, 4.69) is 9.71 Å². The van der Waals surface area contributed by atoms with E-state index in [9.17, 15) is 13.2 Å². The fourth-order valence-corrected chi connectivity index (χ4v) is 3.06. The predicted octanol–water partition coefficient (Wildman–Crippen LogP) is 0.541. The number of carboxylic acid groups (broad SMARTS) is 1. The molecule has 0 aliphatic heterocycles. The summed E-state index contributed by atoms with van der Waals surface area (Å²) in [5.41, 5.74) is 0. The van der Waals surface area contributed by atoms with E-state index >= 15 is 0 Å². The Morgan fingerprint density at radius 3 is 2.76 bits per heavy atom. The van der Waals surface area contributed by atoms with Crippen LogP contribution in [0.3, 0.4) is 0 Å². The molecule has 0 unspecified atom stereocenters. The van der Waals surface area contributed by atoms with Crippen molar-refractivity contribution in [2.45, 2.75) is 18.2 Å². The zero-order valence-corrected chi connectivity index (χ0v) is 12.3. The maximum Gasteiger partial charge on any atom is 0.371 e. The van der Waals surface area contributed by atoms with Gasteiger partial charge in [0.25, 0.3) is 0 Å². The molecule has 2 N–H and O–H groups in total. The Hall–Kier alpha value is -2.13. The average Bonchev–Trinajstić information content (AvgIpc) is 2.96. The van der Waals surface area contributed by atoms with E-state index in [1.807, 2.05) is 7.05 Å². The van der Waals surface area contributed by atoms with Crippen molar-refractivity contribution in [3.05, 3.63) is 35.8 Å². The predicted molar refractivity (Wildman–Crippen MR) is 72.5 cm³/mol. The van der Waals surface area contributed by atoms with Crippen LogP contribution in [0.15, 0.2) is 27.8 Å². The van der Waals surface area contributed by atoms with Crippen molar-refractivity contribution >= 4 is 16.0 Å². The molecule has 0 radical (unpaired) electrons. The van der Waals surface area contributed by atoms with Gasteiger partial charge in [0.15, 0.2) is 0 Å². The standard InChI is InChI=1S/C12H15N3O5S/c1-8-10(7-9(20-8)12(16)17)21(18,19)14-4-3-11-13-5-6-15(11)2/h5-7,14H,3-4H2,1-2H3,(H,16,17). The number of nitrogens with one attached hydrogen (secondary N) is 1. The number of sulfonamides is 1. The molecular weight excluding hydrogens is 298 g/mol. The molecule has 0 fully saturated rings. The summed E-state index contributed by atoms with van der Waals surface area (Å²) in [6.07, 6.45) is 3.82. The fraction of sp³-hybridized carbons (Fsp3) is 0.333. The van der Waals surface area contributed by atoms with Gasteiger partial charge in [-0.25, -0.2) is 22.9 Å². The van der Waals surface area contributed by atoms with Crippen LogP contribution < -0.4 is 4.72 Å². The van der Waals surface area contributed by atoms with Crippen LogP contribution in [-0.4, -0.2) is 35.6 Å². The zero-order chi connectivity index (χ0) is 15.6. The molecule has 0 aromatic carbocycles. The first-order chi connectivity index (χ1) is 9.81. The summed E-state index contributed by atoms with van der Waals surface area (Å²) in [4.78, 5) is 14.7. The van der Waals surface area contributed by atoms with Crippen molar-refractivity contribution < 1.29 is 22.7 Å². The van der Waals surface area contributed by atoms with Crippen molar-refractivity contribution in [3.63, 3.8) is 0 Å². The second-order valence-electron chi connectivity index (χ2n) is 4.44. The molecule has 2 aromatic heterocycles. The van der Waals surface area contributed by atoms with E-state index in [4.69, 9.17) is 9.52 Å². The number of rotatable bonds is 6. The molecular formula is C12H15N3O5S. The highest BCUT2D eigenvalue weighted by molar-refractivity contribution is 7.89. The number of aryl methyl sites for hydroxylation is 2. The smallest absolute Gasteiger partial charge is 0.371 e. The molecule has 8 nitrogen and oxygen atoms in total. The van der Waals surface area contributed by atoms with Gasteiger partial charge in [0.1, 0.15) is 16.5 Å². The van der Waals surface area contributed by atoms with Crippen LogP contribution >= 0.6 is 0 Å². The minimum Gasteiger partial charge on any atom is -0.475 e. The molecule has 0 amide bonds. The van der Waals surface area contributed by atoms with Gasteiger partial charge < -0.3 is 14.1 Å². The van der Waals surface area contributed by atoms with Crippen molar-refractivity contribution in [3.8, 4) is 0 Å². The van der Waals surface area contributed by atoms with Crippen LogP contribution in [0.5, 0.6) is 0 Å². The number of hydrogen-bond donors (Lipinski definition) is 2. The molecule has 21 heavy (non-hydrogen) atoms. The Bertz CT molecular complexity index is 760. The molecule has 0 bridgehead atoms. The van der Waals surface area contributed by atoms with E-state index in [0.717, 1.165) is 11.9 Å². The van der Waals surface area contributed by atoms with E-state index in [0.29, 0.717) is 6.42 Å². The highest BCUT2D eigenvalue weighted by Gasteiger charge is 2.23. The first-order valence-corrected chi connectivity index (χ1v) is 7.59. The molecule has 0 aliphatic carbocycles. The molecule has 9 heteroatoms. The molecule has 0 saturated carbocycles. The summed E-state index contributed by atoms with van der Waals surface area (Å²) < 4.78 is 33.3. The number of aromatic carboxylic acids is 1. The van der Waals surface area contributed by atoms with E-state index < -0.39 is 21.8 Å². The maximum atomic E-state index is 12.1. The number of furan rings is 1. The van der Waals surface area contributed by atoms with Gasteiger partial charge in [0.2, 0.25) is 15.8 Å². The third-order valence-corrected chi connectivity index (χ3v) is 4.50. The van der Waals surface area contributed by atoms with Crippen LogP contribution in [0.2, 0.25) is 0 Å². The Morgan fingerprint density at radius 2 is 2.24 bits per heavy atom. The summed E-state index contributed by atoms with van der Waals surface area (Å²) in [5, 5.41) is 8.80. The summed E-state index contributed by atoms with van der Waals surface area (Å²) in [5.74, 6) is -0.936. The summed E-state index contributed by atoms with van der Waals surface area (Å²) in [7, 11) is -2.00. The molecule has 0 aliphatic rings. The van der Waals surface area contributed by atoms with Gasteiger partial charge in [-0.2, -0.15) is 0 Å². The summed E-state index contributed by atoms with van der Waals surface area (Å²) in [6, 6.07) is 1.00. The quantitative estimate of drug-likeness (QED) is 0.804. The number of aromatic nitrogens is 2. The van der Waals surface area contributed by atoms with Gasteiger partial charge in [0.05, 0.1) is 0 Å². The average molecular weight is 313 g/mol. The molecule has 0 spiro atoms. The Labute approximate surface area is 121 Å². The van der Waals surface area contributed by atoms with Gasteiger partial charge in [-0.3, -0.25) is 0 Å². The third kappa shape index (κ3) is 3.31. The number of imidazole rings is 1. The minimum absolute atomic E-state index is 0.0388. The van der Waals surface area contributed by atoms with Crippen molar-refractivity contribution in [2.24, 2.45) is 7.05 Å². The van der Waals surface area contributed by atoms with Gasteiger partial charge in [-0.15, -0.1) is 0 Å². The molecule has 114 valence electrons. The van der Waals surface area contributed by atoms with Crippen molar-refractivity contribution in [1.29, 1.82) is 0 Å². The normalized spacial score (nSPS) is 11.7. The fourth-order valence-electron chi connectivity index (χ4n) is 1.85. The monoisotopic (exact) mass is 313 g/mol. The molecule has 2 aromatic rings. The van der Waals surface area contributed by atoms with E-state index in [-0.39, 0.29) is 17.2 Å². The second kappa shape index (κ2) is 5.70. The molecule has 2 rings (SSSR count). The lowest BCUT2D eigenvalue weighted by Crippen LogP contribution is -2.26. The van der Waals surface area contributed by atoms with Gasteiger partial charge in [-0.05, 0) is 6.92 Å². The largest absolute Gasteiger partial charge is 0.475 e. The number of nitrogens with zero attached hydrogens (tertiary/aromatic N) is 2. The highest BCUT2D eigenvalue weighted by Crippen LogP contribution is 2.19. The second-order valence-corrected chi connectivity index (χ2v) is 6.17. The molecule has 0 saturated heterocycles. The van der Waals surface area contributed by atoms with E-state index in [1.165, 1.54) is 6.92 Å². The van der Waals surface area contributed by atoms with Crippen molar-refractivity contribution in [1.82, 2.24) is 14.3 Å².